The fourth-order valence-electron chi connectivity index (χ4n) is 4.35. The Morgan fingerprint density at radius 1 is 1.09 bits per heavy atom. The molecule has 0 bridgehead atoms. The van der Waals surface area contributed by atoms with Gasteiger partial charge in [-0.25, -0.2) is 23.5 Å². The van der Waals surface area contributed by atoms with Crippen molar-refractivity contribution in [1.29, 1.82) is 0 Å². The maximum absolute atomic E-state index is 14.6. The van der Waals surface area contributed by atoms with Crippen LogP contribution < -0.4 is 5.32 Å². The molecule has 0 aliphatic carbocycles. The third-order valence-electron chi connectivity index (χ3n) is 5.91. The molecule has 6 nitrogen and oxygen atoms in total. The summed E-state index contributed by atoms with van der Waals surface area (Å²) in [5, 5.41) is 13.6. The molecule has 0 radical (unpaired) electrons. The molecule has 4 aromatic rings. The largest absolute Gasteiger partial charge is 0.478 e. The highest BCUT2D eigenvalue weighted by Gasteiger charge is 2.18. The molecule has 0 saturated carbocycles. The van der Waals surface area contributed by atoms with Crippen LogP contribution >= 0.6 is 0 Å². The van der Waals surface area contributed by atoms with E-state index in [1.807, 2.05) is 20.8 Å². The summed E-state index contributed by atoms with van der Waals surface area (Å²) in [5.41, 5.74) is 3.91. The number of hydrogen-bond acceptors (Lipinski definition) is 4. The average molecular weight is 465 g/mol. The quantitative estimate of drug-likeness (QED) is 0.347. The zero-order chi connectivity index (χ0) is 24.4. The third kappa shape index (κ3) is 4.62. The average Bonchev–Trinajstić information content (AvgIpc) is 3.09. The third-order valence-corrected chi connectivity index (χ3v) is 5.91. The minimum atomic E-state index is -1.28. The van der Waals surface area contributed by atoms with Gasteiger partial charge in [0, 0.05) is 35.8 Å². The molecule has 8 heteroatoms. The van der Waals surface area contributed by atoms with E-state index in [-0.39, 0.29) is 11.4 Å². The van der Waals surface area contributed by atoms with Gasteiger partial charge in [-0.15, -0.1) is 0 Å². The van der Waals surface area contributed by atoms with E-state index in [0.29, 0.717) is 48.6 Å². The van der Waals surface area contributed by atoms with Crippen LogP contribution in [0.3, 0.4) is 0 Å². The summed E-state index contributed by atoms with van der Waals surface area (Å²) in [6.45, 7) is 6.93. The van der Waals surface area contributed by atoms with Gasteiger partial charge in [0.15, 0.2) is 0 Å². The van der Waals surface area contributed by atoms with Gasteiger partial charge in [0.05, 0.1) is 16.8 Å². The normalized spacial score (nSPS) is 11.2. The zero-order valence-electron chi connectivity index (χ0n) is 19.3. The molecule has 0 saturated heterocycles. The van der Waals surface area contributed by atoms with Gasteiger partial charge in [0.2, 0.25) is 0 Å². The number of fused-ring (bicyclic) bond motifs is 1. The smallest absolute Gasteiger partial charge is 0.338 e. The van der Waals surface area contributed by atoms with E-state index in [0.717, 1.165) is 22.2 Å². The zero-order valence-corrected chi connectivity index (χ0v) is 19.3. The summed E-state index contributed by atoms with van der Waals surface area (Å²) in [5.74, 6) is -1.76. The van der Waals surface area contributed by atoms with Crippen molar-refractivity contribution in [2.75, 3.05) is 11.9 Å². The van der Waals surface area contributed by atoms with Crippen molar-refractivity contribution in [3.05, 3.63) is 76.7 Å². The minimum Gasteiger partial charge on any atom is -0.478 e. The fourth-order valence-corrected chi connectivity index (χ4v) is 4.35. The van der Waals surface area contributed by atoms with E-state index in [9.17, 15) is 18.7 Å². The molecule has 0 aliphatic rings. The fraction of sp³-hybridized carbons (Fsp3) is 0.269. The maximum atomic E-state index is 14.6. The number of aryl methyl sites for hydroxylation is 3. The standard InChI is InChI=1S/C26H26F2N4O2/c1-4-5-17-10-18(11-21(28)25(17)26(33)34)22-13-24(31-14-30-22)29-6-7-32-16(3)9-20-15(2)8-19(27)12-23(20)32/h8-14H,4-7H2,1-3H3,(H,33,34)(H,29,30,31). The van der Waals surface area contributed by atoms with Crippen molar-refractivity contribution in [1.82, 2.24) is 14.5 Å². The van der Waals surface area contributed by atoms with Crippen LogP contribution in [0.15, 0.2) is 42.7 Å². The lowest BCUT2D eigenvalue weighted by Crippen LogP contribution is -2.12. The highest BCUT2D eigenvalue weighted by molar-refractivity contribution is 5.90. The summed E-state index contributed by atoms with van der Waals surface area (Å²) in [7, 11) is 0. The summed E-state index contributed by atoms with van der Waals surface area (Å²) >= 11 is 0. The van der Waals surface area contributed by atoms with E-state index in [1.54, 1.807) is 18.2 Å². The molecule has 0 amide bonds. The van der Waals surface area contributed by atoms with Crippen molar-refractivity contribution in [3.63, 3.8) is 0 Å². The molecular weight excluding hydrogens is 438 g/mol. The second-order valence-electron chi connectivity index (χ2n) is 8.36. The van der Waals surface area contributed by atoms with Gasteiger partial charge in [-0.2, -0.15) is 0 Å². The summed E-state index contributed by atoms with van der Waals surface area (Å²) < 4.78 is 30.6. The van der Waals surface area contributed by atoms with Gasteiger partial charge in [-0.1, -0.05) is 13.3 Å². The lowest BCUT2D eigenvalue weighted by Gasteiger charge is -2.12. The Balaban J connectivity index is 1.55. The SMILES string of the molecule is CCCc1cc(-c2cc(NCCn3c(C)cc4c(C)cc(F)cc43)ncn2)cc(F)c1C(=O)O. The summed E-state index contributed by atoms with van der Waals surface area (Å²) in [4.78, 5) is 20.0. The summed E-state index contributed by atoms with van der Waals surface area (Å²) in [6.07, 6.45) is 2.53. The molecular formula is C26H26F2N4O2. The number of halogens is 2. The number of carboxylic acids is 1. The van der Waals surface area contributed by atoms with Crippen molar-refractivity contribution in [2.45, 2.75) is 40.2 Å². The number of nitrogens with zero attached hydrogens (tertiary/aromatic N) is 3. The molecule has 4 rings (SSSR count). The topological polar surface area (TPSA) is 80.0 Å². The number of aromatic nitrogens is 3. The molecule has 0 unspecified atom stereocenters. The molecule has 34 heavy (non-hydrogen) atoms. The van der Waals surface area contributed by atoms with Crippen molar-refractivity contribution < 1.29 is 18.7 Å². The Morgan fingerprint density at radius 2 is 1.88 bits per heavy atom. The van der Waals surface area contributed by atoms with E-state index >= 15 is 0 Å². The van der Waals surface area contributed by atoms with Crippen molar-refractivity contribution >= 4 is 22.7 Å². The monoisotopic (exact) mass is 464 g/mol. The highest BCUT2D eigenvalue weighted by Crippen LogP contribution is 2.27. The second kappa shape index (κ2) is 9.59. The van der Waals surface area contributed by atoms with Gasteiger partial charge in [0.25, 0.3) is 0 Å². The maximum Gasteiger partial charge on any atom is 0.338 e. The molecule has 0 atom stereocenters. The first-order valence-corrected chi connectivity index (χ1v) is 11.2. The van der Waals surface area contributed by atoms with Gasteiger partial charge < -0.3 is 15.0 Å². The van der Waals surface area contributed by atoms with E-state index in [2.05, 4.69) is 25.9 Å². The molecule has 0 fully saturated rings. The van der Waals surface area contributed by atoms with E-state index in [1.165, 1.54) is 18.5 Å². The molecule has 2 aromatic heterocycles. The molecule has 0 aliphatic heterocycles. The molecule has 2 N–H and O–H groups in total. The Labute approximate surface area is 196 Å². The van der Waals surface area contributed by atoms with Crippen LogP contribution in [0.5, 0.6) is 0 Å². The number of anilines is 1. The van der Waals surface area contributed by atoms with Gasteiger partial charge in [-0.05, 0) is 61.7 Å². The number of nitrogens with one attached hydrogen (secondary N) is 1. The Morgan fingerprint density at radius 3 is 2.62 bits per heavy atom. The van der Waals surface area contributed by atoms with Crippen molar-refractivity contribution in [3.8, 4) is 11.3 Å². The van der Waals surface area contributed by atoms with Crippen LogP contribution in [0.2, 0.25) is 0 Å². The lowest BCUT2D eigenvalue weighted by molar-refractivity contribution is 0.0690. The number of carboxylic acid groups (broad SMARTS) is 1. The second-order valence-corrected chi connectivity index (χ2v) is 8.36. The van der Waals surface area contributed by atoms with Crippen LogP contribution in [-0.2, 0) is 13.0 Å². The van der Waals surface area contributed by atoms with E-state index in [4.69, 9.17) is 0 Å². The Hall–Kier alpha value is -3.81. The Bertz CT molecular complexity index is 1380. The van der Waals surface area contributed by atoms with Crippen LogP contribution in [0, 0.1) is 25.5 Å². The number of rotatable bonds is 8. The van der Waals surface area contributed by atoms with Gasteiger partial charge >= 0.3 is 5.97 Å². The van der Waals surface area contributed by atoms with Gasteiger partial charge in [-0.3, -0.25) is 0 Å². The molecule has 176 valence electrons. The van der Waals surface area contributed by atoms with Crippen LogP contribution in [0.25, 0.3) is 22.2 Å². The molecule has 2 aromatic carbocycles. The van der Waals surface area contributed by atoms with Crippen LogP contribution in [-0.4, -0.2) is 32.2 Å². The van der Waals surface area contributed by atoms with Crippen molar-refractivity contribution in [2.24, 2.45) is 0 Å². The Kier molecular flexibility index (Phi) is 6.58. The highest BCUT2D eigenvalue weighted by atomic mass is 19.1. The predicted octanol–water partition coefficient (Wildman–Crippen LogP) is 5.76. The van der Waals surface area contributed by atoms with Crippen LogP contribution in [0.1, 0.15) is 40.5 Å². The minimum absolute atomic E-state index is 0.263. The first kappa shape index (κ1) is 23.4. The predicted molar refractivity (Wildman–Crippen MR) is 128 cm³/mol. The number of aromatic carboxylic acids is 1. The molecule has 2 heterocycles. The first-order valence-electron chi connectivity index (χ1n) is 11.2. The number of benzene rings is 2. The first-order chi connectivity index (χ1) is 16.3. The number of carbonyl (C=O) groups is 1. The van der Waals surface area contributed by atoms with E-state index < -0.39 is 11.8 Å². The lowest BCUT2D eigenvalue weighted by atomic mass is 9.98. The molecule has 0 spiro atoms. The number of hydrogen-bond donors (Lipinski definition) is 2. The van der Waals surface area contributed by atoms with Crippen LogP contribution in [0.4, 0.5) is 14.6 Å². The summed E-state index contributed by atoms with van der Waals surface area (Å²) in [6, 6.07) is 9.70. The van der Waals surface area contributed by atoms with Gasteiger partial charge in [0.1, 0.15) is 23.8 Å².